The monoisotopic (exact) mass is 318 g/mol. The highest BCUT2D eigenvalue weighted by Crippen LogP contribution is 2.33. The molecule has 3 rings (SSSR count). The van der Waals surface area contributed by atoms with Crippen LogP contribution in [-0.2, 0) is 4.79 Å². The number of oxazole rings is 1. The van der Waals surface area contributed by atoms with Gasteiger partial charge in [-0.3, -0.25) is 4.99 Å². The van der Waals surface area contributed by atoms with Gasteiger partial charge < -0.3 is 19.3 Å². The highest BCUT2D eigenvalue weighted by molar-refractivity contribution is 6.13. The molecule has 2 aliphatic rings. The zero-order valence-electron chi connectivity index (χ0n) is 13.6. The fourth-order valence-electron chi connectivity index (χ4n) is 3.57. The number of nitrogens with zero attached hydrogens (tertiary/aromatic N) is 4. The summed E-state index contributed by atoms with van der Waals surface area (Å²) in [5, 5.41) is 9.68. The first-order valence-electron chi connectivity index (χ1n) is 7.70. The molecule has 23 heavy (non-hydrogen) atoms. The van der Waals surface area contributed by atoms with Crippen LogP contribution in [0.1, 0.15) is 26.2 Å². The van der Waals surface area contributed by atoms with E-state index in [2.05, 4.69) is 35.8 Å². The Morgan fingerprint density at radius 3 is 2.87 bits per heavy atom. The topological polar surface area (TPSA) is 82.2 Å². The Hall–Kier alpha value is -2.15. The van der Waals surface area contributed by atoms with Crippen molar-refractivity contribution in [2.24, 2.45) is 10.4 Å². The molecule has 3 heterocycles. The zero-order valence-corrected chi connectivity index (χ0v) is 13.6. The summed E-state index contributed by atoms with van der Waals surface area (Å²) in [6.45, 7) is 6.12. The molecule has 1 N–H and O–H groups in total. The van der Waals surface area contributed by atoms with E-state index in [4.69, 9.17) is 4.42 Å². The summed E-state index contributed by atoms with van der Waals surface area (Å²) in [4.78, 5) is 24.2. The number of carboxylic acids is 1. The molecule has 7 heteroatoms. The second-order valence-corrected chi connectivity index (χ2v) is 7.02. The molecule has 0 saturated carbocycles. The molecule has 0 bridgehead atoms. The van der Waals surface area contributed by atoms with Crippen molar-refractivity contribution in [2.45, 2.75) is 32.4 Å². The van der Waals surface area contributed by atoms with E-state index in [1.165, 1.54) is 12.5 Å². The van der Waals surface area contributed by atoms with Crippen LogP contribution in [0.4, 0.5) is 0 Å². The smallest absolute Gasteiger partial charge is 0.332 e. The SMILES string of the molecule is CN1CC(C)(C)CC1CN1C=CN=C(c2ncco2)C1C(=O)O. The number of aromatic nitrogens is 1. The lowest BCUT2D eigenvalue weighted by atomic mass is 9.90. The Labute approximate surface area is 135 Å². The minimum absolute atomic E-state index is 0.247. The summed E-state index contributed by atoms with van der Waals surface area (Å²) in [6.07, 6.45) is 7.30. The molecule has 2 atom stereocenters. The van der Waals surface area contributed by atoms with Crippen molar-refractivity contribution in [3.63, 3.8) is 0 Å². The highest BCUT2D eigenvalue weighted by Gasteiger charge is 2.40. The summed E-state index contributed by atoms with van der Waals surface area (Å²) in [5.41, 5.74) is 0.585. The number of likely N-dealkylation sites (N-methyl/N-ethyl adjacent to an activating group) is 1. The maximum absolute atomic E-state index is 11.8. The number of aliphatic imine (C=N–C) groups is 1. The minimum atomic E-state index is -0.953. The third-order valence-corrected chi connectivity index (χ3v) is 4.46. The van der Waals surface area contributed by atoms with Crippen molar-refractivity contribution in [3.8, 4) is 0 Å². The van der Waals surface area contributed by atoms with E-state index in [-0.39, 0.29) is 11.3 Å². The number of carboxylic acid groups (broad SMARTS) is 1. The quantitative estimate of drug-likeness (QED) is 0.904. The number of hydrogen-bond donors (Lipinski definition) is 1. The molecule has 7 nitrogen and oxygen atoms in total. The van der Waals surface area contributed by atoms with Crippen LogP contribution in [0.3, 0.4) is 0 Å². The Balaban J connectivity index is 1.81. The van der Waals surface area contributed by atoms with E-state index >= 15 is 0 Å². The molecule has 124 valence electrons. The van der Waals surface area contributed by atoms with E-state index in [0.717, 1.165) is 13.0 Å². The third-order valence-electron chi connectivity index (χ3n) is 4.46. The number of likely N-dealkylation sites (tertiary alicyclic amines) is 1. The van der Waals surface area contributed by atoms with Gasteiger partial charge in [-0.2, -0.15) is 0 Å². The van der Waals surface area contributed by atoms with Crippen LogP contribution in [0.15, 0.2) is 34.3 Å². The molecule has 1 aromatic rings. The Morgan fingerprint density at radius 1 is 1.52 bits per heavy atom. The van der Waals surface area contributed by atoms with Crippen LogP contribution in [0, 0.1) is 5.41 Å². The van der Waals surface area contributed by atoms with Gasteiger partial charge in [0.15, 0.2) is 6.04 Å². The molecule has 1 saturated heterocycles. The van der Waals surface area contributed by atoms with Crippen molar-refractivity contribution in [2.75, 3.05) is 20.1 Å². The lowest BCUT2D eigenvalue weighted by molar-refractivity contribution is -0.140. The van der Waals surface area contributed by atoms with Crippen molar-refractivity contribution >= 4 is 11.7 Å². The predicted octanol–water partition coefficient (Wildman–Crippen LogP) is 1.43. The molecule has 1 fully saturated rings. The van der Waals surface area contributed by atoms with Gasteiger partial charge in [0, 0.05) is 31.5 Å². The van der Waals surface area contributed by atoms with Gasteiger partial charge in [0.05, 0.1) is 6.20 Å². The first kappa shape index (κ1) is 15.7. The Kier molecular flexibility index (Phi) is 3.97. The summed E-state index contributed by atoms with van der Waals surface area (Å²) >= 11 is 0. The van der Waals surface area contributed by atoms with Gasteiger partial charge in [0.25, 0.3) is 0 Å². The maximum Gasteiger partial charge on any atom is 0.332 e. The third kappa shape index (κ3) is 3.14. The molecular weight excluding hydrogens is 296 g/mol. The van der Waals surface area contributed by atoms with Crippen molar-refractivity contribution in [3.05, 3.63) is 30.8 Å². The lowest BCUT2D eigenvalue weighted by Crippen LogP contribution is -2.50. The summed E-state index contributed by atoms with van der Waals surface area (Å²) < 4.78 is 5.25. The number of hydrogen-bond acceptors (Lipinski definition) is 6. The van der Waals surface area contributed by atoms with Gasteiger partial charge >= 0.3 is 5.97 Å². The first-order chi connectivity index (χ1) is 10.9. The fourth-order valence-corrected chi connectivity index (χ4v) is 3.57. The molecule has 2 unspecified atom stereocenters. The Bertz CT molecular complexity index is 636. The van der Waals surface area contributed by atoms with Crippen LogP contribution in [0.5, 0.6) is 0 Å². The first-order valence-corrected chi connectivity index (χ1v) is 7.70. The average Bonchev–Trinajstić information content (AvgIpc) is 3.06. The van der Waals surface area contributed by atoms with Gasteiger partial charge in [-0.25, -0.2) is 9.78 Å². The normalized spacial score (nSPS) is 27.3. The standard InChI is InChI=1S/C16H22N4O3/c1-16(2)8-11(19(3)10-16)9-20-6-4-17-12(13(20)15(21)22)14-18-5-7-23-14/h4-7,11,13H,8-10H2,1-3H3,(H,21,22). The van der Waals surface area contributed by atoms with Gasteiger partial charge in [-0.15, -0.1) is 0 Å². The van der Waals surface area contributed by atoms with Crippen LogP contribution < -0.4 is 0 Å². The van der Waals surface area contributed by atoms with Crippen LogP contribution >= 0.6 is 0 Å². The van der Waals surface area contributed by atoms with Gasteiger partial charge in [-0.05, 0) is 18.9 Å². The molecule has 0 aliphatic carbocycles. The van der Waals surface area contributed by atoms with Gasteiger partial charge in [0.2, 0.25) is 5.89 Å². The number of rotatable bonds is 4. The zero-order chi connectivity index (χ0) is 16.6. The second-order valence-electron chi connectivity index (χ2n) is 7.02. The second kappa shape index (κ2) is 5.81. The van der Waals surface area contributed by atoms with E-state index in [9.17, 15) is 9.90 Å². The molecule has 2 aliphatic heterocycles. The van der Waals surface area contributed by atoms with Crippen molar-refractivity contribution in [1.29, 1.82) is 0 Å². The van der Waals surface area contributed by atoms with Crippen molar-refractivity contribution < 1.29 is 14.3 Å². The van der Waals surface area contributed by atoms with E-state index in [0.29, 0.717) is 18.3 Å². The molecular formula is C16H22N4O3. The number of aliphatic carboxylic acids is 1. The maximum atomic E-state index is 11.8. The largest absolute Gasteiger partial charge is 0.479 e. The highest BCUT2D eigenvalue weighted by atomic mass is 16.4. The van der Waals surface area contributed by atoms with Crippen LogP contribution in [0.25, 0.3) is 0 Å². The van der Waals surface area contributed by atoms with E-state index in [1.54, 1.807) is 12.4 Å². The minimum Gasteiger partial charge on any atom is -0.479 e. The van der Waals surface area contributed by atoms with Crippen LogP contribution in [-0.4, -0.2) is 63.8 Å². The van der Waals surface area contributed by atoms with E-state index < -0.39 is 12.0 Å². The van der Waals surface area contributed by atoms with E-state index in [1.807, 2.05) is 4.90 Å². The Morgan fingerprint density at radius 2 is 2.30 bits per heavy atom. The molecule has 0 radical (unpaired) electrons. The van der Waals surface area contributed by atoms with Gasteiger partial charge in [-0.1, -0.05) is 13.8 Å². The molecule has 0 aromatic carbocycles. The van der Waals surface area contributed by atoms with Gasteiger partial charge in [0.1, 0.15) is 12.0 Å². The summed E-state index contributed by atoms with van der Waals surface area (Å²) in [7, 11) is 2.09. The summed E-state index contributed by atoms with van der Waals surface area (Å²) in [5.74, 6) is -0.696. The van der Waals surface area contributed by atoms with Crippen LogP contribution in [0.2, 0.25) is 0 Å². The molecule has 1 aromatic heterocycles. The average molecular weight is 318 g/mol. The van der Waals surface area contributed by atoms with Crippen molar-refractivity contribution in [1.82, 2.24) is 14.8 Å². The lowest BCUT2D eigenvalue weighted by Gasteiger charge is -2.33. The predicted molar refractivity (Wildman–Crippen MR) is 85.1 cm³/mol. The summed E-state index contributed by atoms with van der Waals surface area (Å²) in [6, 6.07) is -0.573. The molecule has 0 amide bonds. The molecule has 0 spiro atoms. The fraction of sp³-hybridized carbons (Fsp3) is 0.562. The number of carbonyl (C=O) groups is 1.